The summed E-state index contributed by atoms with van der Waals surface area (Å²) in [5.41, 5.74) is 1.29. The molecule has 0 aromatic carbocycles. The van der Waals surface area contributed by atoms with E-state index in [9.17, 15) is 0 Å². The van der Waals surface area contributed by atoms with Gasteiger partial charge in [0.1, 0.15) is 0 Å². The van der Waals surface area contributed by atoms with Gasteiger partial charge in [-0.2, -0.15) is 0 Å². The van der Waals surface area contributed by atoms with Gasteiger partial charge in [0.15, 0.2) is 0 Å². The fraction of sp³-hybridized carbons (Fsp3) is 0.714. The molecule has 0 spiro atoms. The van der Waals surface area contributed by atoms with Crippen LogP contribution in [-0.4, -0.2) is 49.4 Å². The predicted molar refractivity (Wildman–Crippen MR) is 74.5 cm³/mol. The first kappa shape index (κ1) is 12.8. The van der Waals surface area contributed by atoms with Gasteiger partial charge in [0.05, 0.1) is 12.7 Å². The van der Waals surface area contributed by atoms with Gasteiger partial charge in [-0.25, -0.2) is 9.97 Å². The van der Waals surface area contributed by atoms with Crippen LogP contribution in [0, 0.1) is 0 Å². The highest BCUT2D eigenvalue weighted by atomic mass is 16.5. The van der Waals surface area contributed by atoms with Crippen molar-refractivity contribution in [3.8, 4) is 0 Å². The summed E-state index contributed by atoms with van der Waals surface area (Å²) < 4.78 is 5.70. The third-order valence-corrected chi connectivity index (χ3v) is 4.06. The third kappa shape index (κ3) is 3.04. The van der Waals surface area contributed by atoms with Crippen LogP contribution in [0.4, 0.5) is 5.95 Å². The summed E-state index contributed by atoms with van der Waals surface area (Å²) in [5, 5.41) is 3.34. The number of hydrogen-bond acceptors (Lipinski definition) is 5. The third-order valence-electron chi connectivity index (χ3n) is 4.06. The minimum Gasteiger partial charge on any atom is -0.374 e. The normalized spacial score (nSPS) is 23.9. The van der Waals surface area contributed by atoms with Crippen molar-refractivity contribution in [2.75, 3.05) is 38.2 Å². The summed E-state index contributed by atoms with van der Waals surface area (Å²) >= 11 is 0. The monoisotopic (exact) mass is 262 g/mol. The summed E-state index contributed by atoms with van der Waals surface area (Å²) in [6.45, 7) is 3.48. The van der Waals surface area contributed by atoms with Crippen LogP contribution >= 0.6 is 0 Å². The minimum atomic E-state index is 0.230. The molecule has 2 aliphatic rings. The Bertz CT molecular complexity index is 398. The van der Waals surface area contributed by atoms with E-state index in [0.717, 1.165) is 32.2 Å². The molecule has 0 bridgehead atoms. The molecule has 1 saturated carbocycles. The first-order valence-corrected chi connectivity index (χ1v) is 7.18. The largest absolute Gasteiger partial charge is 0.374 e. The van der Waals surface area contributed by atoms with Gasteiger partial charge < -0.3 is 15.0 Å². The first-order chi connectivity index (χ1) is 9.33. The Morgan fingerprint density at radius 2 is 2.16 bits per heavy atom. The first-order valence-electron chi connectivity index (χ1n) is 7.18. The number of hydrogen-bond donors (Lipinski definition) is 1. The van der Waals surface area contributed by atoms with E-state index in [-0.39, 0.29) is 6.10 Å². The van der Waals surface area contributed by atoms with Crippen molar-refractivity contribution in [2.45, 2.75) is 31.3 Å². The Morgan fingerprint density at radius 3 is 2.74 bits per heavy atom. The van der Waals surface area contributed by atoms with E-state index >= 15 is 0 Å². The highest BCUT2D eigenvalue weighted by Crippen LogP contribution is 2.35. The van der Waals surface area contributed by atoms with Crippen LogP contribution in [0.15, 0.2) is 12.4 Å². The van der Waals surface area contributed by atoms with E-state index < -0.39 is 0 Å². The van der Waals surface area contributed by atoms with Crippen molar-refractivity contribution in [3.05, 3.63) is 18.0 Å². The molecule has 0 amide bonds. The Hall–Kier alpha value is -1.20. The van der Waals surface area contributed by atoms with E-state index in [1.54, 1.807) is 0 Å². The number of aromatic nitrogens is 2. The summed E-state index contributed by atoms with van der Waals surface area (Å²) in [7, 11) is 2.02. The fourth-order valence-electron chi connectivity index (χ4n) is 2.60. The van der Waals surface area contributed by atoms with Crippen LogP contribution < -0.4 is 10.2 Å². The maximum Gasteiger partial charge on any atom is 0.225 e. The zero-order chi connectivity index (χ0) is 13.1. The van der Waals surface area contributed by atoms with E-state index in [2.05, 4.69) is 20.2 Å². The van der Waals surface area contributed by atoms with E-state index in [1.807, 2.05) is 19.4 Å². The van der Waals surface area contributed by atoms with Crippen LogP contribution in [0.25, 0.3) is 0 Å². The van der Waals surface area contributed by atoms with Crippen molar-refractivity contribution < 1.29 is 4.74 Å². The number of anilines is 1. The van der Waals surface area contributed by atoms with Gasteiger partial charge in [0.2, 0.25) is 5.95 Å². The lowest BCUT2D eigenvalue weighted by atomic mass is 9.81. The molecule has 2 heterocycles. The van der Waals surface area contributed by atoms with Crippen LogP contribution in [-0.2, 0) is 4.74 Å². The lowest BCUT2D eigenvalue weighted by molar-refractivity contribution is 0.0338. The van der Waals surface area contributed by atoms with Gasteiger partial charge >= 0.3 is 0 Å². The Labute approximate surface area is 114 Å². The van der Waals surface area contributed by atoms with Crippen molar-refractivity contribution in [1.82, 2.24) is 15.3 Å². The predicted octanol–water partition coefficient (Wildman–Crippen LogP) is 1.17. The van der Waals surface area contributed by atoms with Crippen LogP contribution in [0.3, 0.4) is 0 Å². The SMILES string of the molecule is CN(CC1CNCCO1)c1ncc(C2CCC2)cn1. The molecule has 1 aliphatic carbocycles. The van der Waals surface area contributed by atoms with Gasteiger partial charge in [-0.1, -0.05) is 6.42 Å². The van der Waals surface area contributed by atoms with Crippen molar-refractivity contribution in [1.29, 1.82) is 0 Å². The number of nitrogens with zero attached hydrogens (tertiary/aromatic N) is 3. The second-order valence-corrected chi connectivity index (χ2v) is 5.52. The van der Waals surface area contributed by atoms with Gasteiger partial charge in [0, 0.05) is 39.1 Å². The van der Waals surface area contributed by atoms with Crippen molar-refractivity contribution >= 4 is 5.95 Å². The number of ether oxygens (including phenoxy) is 1. The molecular weight excluding hydrogens is 240 g/mol. The van der Waals surface area contributed by atoms with Crippen LogP contribution in [0.2, 0.25) is 0 Å². The average molecular weight is 262 g/mol. The highest BCUT2D eigenvalue weighted by molar-refractivity contribution is 5.30. The zero-order valence-electron chi connectivity index (χ0n) is 11.5. The number of rotatable bonds is 4. The number of morpholine rings is 1. The molecule has 5 heteroatoms. The van der Waals surface area contributed by atoms with Gasteiger partial charge in [-0.05, 0) is 24.3 Å². The molecule has 104 valence electrons. The summed E-state index contributed by atoms with van der Waals surface area (Å²) in [6, 6.07) is 0. The van der Waals surface area contributed by atoms with E-state index in [1.165, 1.54) is 24.8 Å². The van der Waals surface area contributed by atoms with Gasteiger partial charge in [0.25, 0.3) is 0 Å². The fourth-order valence-corrected chi connectivity index (χ4v) is 2.60. The average Bonchev–Trinajstić information content (AvgIpc) is 2.39. The van der Waals surface area contributed by atoms with Crippen molar-refractivity contribution in [3.63, 3.8) is 0 Å². The lowest BCUT2D eigenvalue weighted by Gasteiger charge is -2.28. The molecule has 1 aromatic rings. The Morgan fingerprint density at radius 1 is 1.37 bits per heavy atom. The molecule has 0 radical (unpaired) electrons. The molecule has 3 rings (SSSR count). The zero-order valence-corrected chi connectivity index (χ0v) is 11.5. The standard InChI is InChI=1S/C14H22N4O/c1-18(10-13-9-15-5-6-19-13)14-16-7-12(8-17-14)11-3-2-4-11/h7-8,11,13,15H,2-6,9-10H2,1H3. The highest BCUT2D eigenvalue weighted by Gasteiger charge is 2.21. The van der Waals surface area contributed by atoms with Gasteiger partial charge in [-0.15, -0.1) is 0 Å². The second kappa shape index (κ2) is 5.84. The molecule has 19 heavy (non-hydrogen) atoms. The molecule has 1 atom stereocenters. The van der Waals surface area contributed by atoms with E-state index in [0.29, 0.717) is 5.92 Å². The quantitative estimate of drug-likeness (QED) is 0.882. The molecule has 5 nitrogen and oxygen atoms in total. The smallest absolute Gasteiger partial charge is 0.225 e. The molecular formula is C14H22N4O. The molecule has 1 unspecified atom stereocenters. The molecule has 2 fully saturated rings. The molecule has 1 aliphatic heterocycles. The maximum absolute atomic E-state index is 5.70. The minimum absolute atomic E-state index is 0.230. The number of likely N-dealkylation sites (N-methyl/N-ethyl adjacent to an activating group) is 1. The topological polar surface area (TPSA) is 50.3 Å². The summed E-state index contributed by atoms with van der Waals surface area (Å²) in [4.78, 5) is 11.0. The Kier molecular flexibility index (Phi) is 3.94. The van der Waals surface area contributed by atoms with E-state index in [4.69, 9.17) is 4.74 Å². The molecule has 1 aromatic heterocycles. The Balaban J connectivity index is 1.57. The maximum atomic E-state index is 5.70. The summed E-state index contributed by atoms with van der Waals surface area (Å²) in [5.74, 6) is 1.49. The summed E-state index contributed by atoms with van der Waals surface area (Å²) in [6.07, 6.45) is 8.14. The molecule has 1 N–H and O–H groups in total. The van der Waals surface area contributed by atoms with Gasteiger partial charge in [-0.3, -0.25) is 0 Å². The second-order valence-electron chi connectivity index (χ2n) is 5.52. The number of nitrogens with one attached hydrogen (secondary N) is 1. The lowest BCUT2D eigenvalue weighted by Crippen LogP contribution is -2.44. The molecule has 1 saturated heterocycles. The van der Waals surface area contributed by atoms with Crippen LogP contribution in [0.5, 0.6) is 0 Å². The van der Waals surface area contributed by atoms with Crippen LogP contribution in [0.1, 0.15) is 30.7 Å². The van der Waals surface area contributed by atoms with Crippen molar-refractivity contribution in [2.24, 2.45) is 0 Å².